The standard InChI is InChI=1S/C19H25N3O3S2/c1-14-9-11-22(12-10-14)17-7-5-16(6-8-17)20-19(23)15(2)21-27(24,25)18-4-3-13-26-18/h3-8,13-15,21H,9-12H2,1-2H3,(H,20,23). The van der Waals surface area contributed by atoms with E-state index in [1.807, 2.05) is 24.3 Å². The number of nitrogens with one attached hydrogen (secondary N) is 2. The summed E-state index contributed by atoms with van der Waals surface area (Å²) in [5, 5.41) is 4.45. The van der Waals surface area contributed by atoms with Crippen LogP contribution in [0.1, 0.15) is 26.7 Å². The fourth-order valence-electron chi connectivity index (χ4n) is 3.03. The second-order valence-electron chi connectivity index (χ2n) is 6.98. The van der Waals surface area contributed by atoms with Gasteiger partial charge in [0.25, 0.3) is 10.0 Å². The average Bonchev–Trinajstić information content (AvgIpc) is 3.18. The minimum Gasteiger partial charge on any atom is -0.372 e. The Balaban J connectivity index is 1.57. The van der Waals surface area contributed by atoms with Gasteiger partial charge in [-0.1, -0.05) is 13.0 Å². The fourth-order valence-corrected chi connectivity index (χ4v) is 5.25. The second-order valence-corrected chi connectivity index (χ2v) is 9.87. The average molecular weight is 408 g/mol. The molecule has 2 N–H and O–H groups in total. The first kappa shape index (κ1) is 19.9. The Bertz CT molecular complexity index is 856. The third-order valence-corrected chi connectivity index (χ3v) is 7.71. The molecule has 3 rings (SSSR count). The normalized spacial score (nSPS) is 16.9. The molecule has 2 heterocycles. The van der Waals surface area contributed by atoms with Crippen molar-refractivity contribution in [3.05, 3.63) is 41.8 Å². The van der Waals surface area contributed by atoms with Crippen LogP contribution in [-0.2, 0) is 14.8 Å². The summed E-state index contributed by atoms with van der Waals surface area (Å²) < 4.78 is 27.0. The van der Waals surface area contributed by atoms with Crippen molar-refractivity contribution < 1.29 is 13.2 Å². The van der Waals surface area contributed by atoms with Crippen LogP contribution < -0.4 is 14.9 Å². The van der Waals surface area contributed by atoms with Crippen LogP contribution in [0.2, 0.25) is 0 Å². The predicted octanol–water partition coefficient (Wildman–Crippen LogP) is 3.29. The van der Waals surface area contributed by atoms with Gasteiger partial charge in [0.1, 0.15) is 4.21 Å². The van der Waals surface area contributed by atoms with E-state index in [9.17, 15) is 13.2 Å². The van der Waals surface area contributed by atoms with Gasteiger partial charge in [0.15, 0.2) is 0 Å². The topological polar surface area (TPSA) is 78.5 Å². The summed E-state index contributed by atoms with van der Waals surface area (Å²) in [4.78, 5) is 14.7. The van der Waals surface area contributed by atoms with Crippen molar-refractivity contribution in [1.82, 2.24) is 4.72 Å². The van der Waals surface area contributed by atoms with Crippen LogP contribution in [0.5, 0.6) is 0 Å². The highest BCUT2D eigenvalue weighted by molar-refractivity contribution is 7.91. The number of hydrogen-bond acceptors (Lipinski definition) is 5. The Morgan fingerprint density at radius 2 is 1.85 bits per heavy atom. The number of benzene rings is 1. The molecule has 0 saturated carbocycles. The molecule has 1 unspecified atom stereocenters. The number of thiophene rings is 1. The predicted molar refractivity (Wildman–Crippen MR) is 110 cm³/mol. The third kappa shape index (κ3) is 5.09. The molecule has 1 aromatic carbocycles. The highest BCUT2D eigenvalue weighted by Gasteiger charge is 2.23. The molecule has 1 atom stereocenters. The van der Waals surface area contributed by atoms with Crippen molar-refractivity contribution in [2.45, 2.75) is 36.9 Å². The van der Waals surface area contributed by atoms with Gasteiger partial charge in [0.2, 0.25) is 5.91 Å². The molecular weight excluding hydrogens is 382 g/mol. The van der Waals surface area contributed by atoms with E-state index in [-0.39, 0.29) is 4.21 Å². The molecular formula is C19H25N3O3S2. The van der Waals surface area contributed by atoms with E-state index in [4.69, 9.17) is 0 Å². The molecule has 1 saturated heterocycles. The minimum atomic E-state index is -3.68. The molecule has 1 aromatic heterocycles. The Morgan fingerprint density at radius 3 is 2.44 bits per heavy atom. The number of nitrogens with zero attached hydrogens (tertiary/aromatic N) is 1. The third-order valence-electron chi connectivity index (χ3n) is 4.77. The zero-order valence-corrected chi connectivity index (χ0v) is 17.1. The summed E-state index contributed by atoms with van der Waals surface area (Å²) >= 11 is 1.12. The number of carbonyl (C=O) groups is 1. The van der Waals surface area contributed by atoms with Crippen LogP contribution in [0.25, 0.3) is 0 Å². The molecule has 0 radical (unpaired) electrons. The van der Waals surface area contributed by atoms with Crippen molar-refractivity contribution in [2.75, 3.05) is 23.3 Å². The van der Waals surface area contributed by atoms with Gasteiger partial charge in [-0.05, 0) is 61.4 Å². The number of sulfonamides is 1. The first-order valence-corrected chi connectivity index (χ1v) is 11.4. The maximum absolute atomic E-state index is 12.3. The molecule has 1 aliphatic heterocycles. The maximum Gasteiger partial charge on any atom is 0.250 e. The Labute approximate surface area is 164 Å². The van der Waals surface area contributed by atoms with E-state index in [1.54, 1.807) is 11.4 Å². The zero-order chi connectivity index (χ0) is 19.4. The van der Waals surface area contributed by atoms with Crippen LogP contribution in [0.15, 0.2) is 46.0 Å². The van der Waals surface area contributed by atoms with Gasteiger partial charge in [0, 0.05) is 24.5 Å². The molecule has 0 aliphatic carbocycles. The molecule has 0 bridgehead atoms. The molecule has 6 nitrogen and oxygen atoms in total. The van der Waals surface area contributed by atoms with Crippen molar-refractivity contribution in [3.8, 4) is 0 Å². The number of hydrogen-bond donors (Lipinski definition) is 2. The Morgan fingerprint density at radius 1 is 1.19 bits per heavy atom. The lowest BCUT2D eigenvalue weighted by Crippen LogP contribution is -2.41. The van der Waals surface area contributed by atoms with Crippen LogP contribution in [0.3, 0.4) is 0 Å². The molecule has 27 heavy (non-hydrogen) atoms. The monoisotopic (exact) mass is 407 g/mol. The second kappa shape index (κ2) is 8.41. The van der Waals surface area contributed by atoms with Gasteiger partial charge in [0.05, 0.1) is 6.04 Å². The summed E-state index contributed by atoms with van der Waals surface area (Å²) in [5.74, 6) is 0.383. The van der Waals surface area contributed by atoms with Gasteiger partial charge in [-0.15, -0.1) is 11.3 Å². The van der Waals surface area contributed by atoms with E-state index in [2.05, 4.69) is 21.9 Å². The van der Waals surface area contributed by atoms with Crippen molar-refractivity contribution in [1.29, 1.82) is 0 Å². The summed E-state index contributed by atoms with van der Waals surface area (Å²) in [6.45, 7) is 5.91. The first-order valence-electron chi connectivity index (χ1n) is 9.07. The van der Waals surface area contributed by atoms with Gasteiger partial charge < -0.3 is 10.2 Å². The SMILES string of the molecule is CC1CCN(c2ccc(NC(=O)C(C)NS(=O)(=O)c3cccs3)cc2)CC1. The van der Waals surface area contributed by atoms with E-state index in [1.165, 1.54) is 25.8 Å². The van der Waals surface area contributed by atoms with E-state index in [0.717, 1.165) is 36.0 Å². The lowest BCUT2D eigenvalue weighted by Gasteiger charge is -2.32. The lowest BCUT2D eigenvalue weighted by atomic mass is 9.99. The van der Waals surface area contributed by atoms with E-state index in [0.29, 0.717) is 5.69 Å². The summed E-state index contributed by atoms with van der Waals surface area (Å²) in [7, 11) is -3.68. The summed E-state index contributed by atoms with van der Waals surface area (Å²) in [6.07, 6.45) is 2.39. The van der Waals surface area contributed by atoms with Gasteiger partial charge >= 0.3 is 0 Å². The Kier molecular flexibility index (Phi) is 6.18. The summed E-state index contributed by atoms with van der Waals surface area (Å²) in [6, 6.07) is 9.99. The molecule has 1 aliphatic rings. The molecule has 146 valence electrons. The van der Waals surface area contributed by atoms with Crippen LogP contribution in [0.4, 0.5) is 11.4 Å². The lowest BCUT2D eigenvalue weighted by molar-refractivity contribution is -0.117. The summed E-state index contributed by atoms with van der Waals surface area (Å²) in [5.41, 5.74) is 1.79. The van der Waals surface area contributed by atoms with E-state index >= 15 is 0 Å². The molecule has 1 fully saturated rings. The molecule has 2 aromatic rings. The van der Waals surface area contributed by atoms with Crippen molar-refractivity contribution in [3.63, 3.8) is 0 Å². The number of anilines is 2. The highest BCUT2D eigenvalue weighted by Crippen LogP contribution is 2.24. The maximum atomic E-state index is 12.3. The zero-order valence-electron chi connectivity index (χ0n) is 15.5. The molecule has 1 amide bonds. The van der Waals surface area contributed by atoms with Gasteiger partial charge in [-0.2, -0.15) is 4.72 Å². The number of piperidine rings is 1. The minimum absolute atomic E-state index is 0.197. The van der Waals surface area contributed by atoms with Crippen LogP contribution >= 0.6 is 11.3 Å². The molecule has 0 spiro atoms. The van der Waals surface area contributed by atoms with E-state index < -0.39 is 22.0 Å². The first-order chi connectivity index (χ1) is 12.8. The van der Waals surface area contributed by atoms with Crippen molar-refractivity contribution >= 4 is 38.6 Å². The number of amides is 1. The highest BCUT2D eigenvalue weighted by atomic mass is 32.2. The Hall–Kier alpha value is -1.90. The van der Waals surface area contributed by atoms with Crippen LogP contribution in [0, 0.1) is 5.92 Å². The molecule has 8 heteroatoms. The van der Waals surface area contributed by atoms with Crippen LogP contribution in [-0.4, -0.2) is 33.5 Å². The van der Waals surface area contributed by atoms with Gasteiger partial charge in [-0.25, -0.2) is 8.42 Å². The number of carbonyl (C=O) groups excluding carboxylic acids is 1. The fraction of sp³-hybridized carbons (Fsp3) is 0.421. The van der Waals surface area contributed by atoms with Crippen molar-refractivity contribution in [2.24, 2.45) is 5.92 Å². The quantitative estimate of drug-likeness (QED) is 0.770. The number of rotatable bonds is 6. The smallest absolute Gasteiger partial charge is 0.250 e. The van der Waals surface area contributed by atoms with Gasteiger partial charge in [-0.3, -0.25) is 4.79 Å². The largest absolute Gasteiger partial charge is 0.372 e.